The zero-order valence-corrected chi connectivity index (χ0v) is 10.4. The summed E-state index contributed by atoms with van der Waals surface area (Å²) in [5.74, 6) is 1.26. The minimum Gasteiger partial charge on any atom is -0.345 e. The number of carbonyl (C=O) groups is 2. The van der Waals surface area contributed by atoms with E-state index in [2.05, 4.69) is 5.32 Å². The summed E-state index contributed by atoms with van der Waals surface area (Å²) in [6, 6.07) is -0.360. The van der Waals surface area contributed by atoms with Crippen LogP contribution in [0.4, 0.5) is 0 Å². The zero-order chi connectivity index (χ0) is 11.5. The van der Waals surface area contributed by atoms with E-state index in [1.54, 1.807) is 6.92 Å². The molecule has 0 saturated carbocycles. The highest BCUT2D eigenvalue weighted by molar-refractivity contribution is 8.00. The van der Waals surface area contributed by atoms with Gasteiger partial charge in [0.25, 0.3) is 0 Å². The minimum absolute atomic E-state index is 0.0116. The highest BCUT2D eigenvalue weighted by atomic mass is 32.2. The van der Waals surface area contributed by atoms with Crippen LogP contribution in [-0.4, -0.2) is 46.8 Å². The number of hydrogen-bond donors (Lipinski definition) is 1. The first kappa shape index (κ1) is 11.8. The van der Waals surface area contributed by atoms with Crippen LogP contribution < -0.4 is 5.32 Å². The van der Waals surface area contributed by atoms with Crippen LogP contribution in [0.25, 0.3) is 0 Å². The van der Waals surface area contributed by atoms with Crippen LogP contribution >= 0.6 is 11.8 Å². The molecule has 0 aromatic carbocycles. The molecular weight excluding hydrogens is 224 g/mol. The second kappa shape index (κ2) is 5.08. The third-order valence-corrected chi connectivity index (χ3v) is 4.50. The molecule has 0 radical (unpaired) electrons. The van der Waals surface area contributed by atoms with Crippen LogP contribution in [0, 0.1) is 0 Å². The van der Waals surface area contributed by atoms with Crippen LogP contribution in [0.15, 0.2) is 0 Å². The average molecular weight is 242 g/mol. The summed E-state index contributed by atoms with van der Waals surface area (Å²) in [6.45, 7) is 3.15. The Balaban J connectivity index is 1.95. The standard InChI is InChI=1S/C11H18N2O2S/c1-8-11(15)13(5-4-10(14)12-8)7-9-3-2-6-16-9/h8-9H,2-7H2,1H3,(H,12,14). The Morgan fingerprint density at radius 2 is 2.31 bits per heavy atom. The molecule has 0 bridgehead atoms. The van der Waals surface area contributed by atoms with Gasteiger partial charge in [-0.3, -0.25) is 9.59 Å². The van der Waals surface area contributed by atoms with E-state index >= 15 is 0 Å². The summed E-state index contributed by atoms with van der Waals surface area (Å²) in [4.78, 5) is 25.2. The smallest absolute Gasteiger partial charge is 0.244 e. The van der Waals surface area contributed by atoms with Crippen molar-refractivity contribution in [2.24, 2.45) is 0 Å². The van der Waals surface area contributed by atoms with Crippen molar-refractivity contribution in [2.45, 2.75) is 37.5 Å². The number of thioether (sulfide) groups is 1. The van der Waals surface area contributed by atoms with E-state index in [-0.39, 0.29) is 17.9 Å². The number of rotatable bonds is 2. The molecule has 2 saturated heterocycles. The lowest BCUT2D eigenvalue weighted by atomic mass is 10.2. The highest BCUT2D eigenvalue weighted by Gasteiger charge is 2.29. The lowest BCUT2D eigenvalue weighted by molar-refractivity contribution is -0.133. The molecule has 0 aliphatic carbocycles. The van der Waals surface area contributed by atoms with Crippen LogP contribution in [0.3, 0.4) is 0 Å². The number of nitrogens with zero attached hydrogens (tertiary/aromatic N) is 1. The van der Waals surface area contributed by atoms with E-state index in [9.17, 15) is 9.59 Å². The maximum Gasteiger partial charge on any atom is 0.244 e. The van der Waals surface area contributed by atoms with Gasteiger partial charge in [0, 0.05) is 24.8 Å². The molecule has 90 valence electrons. The molecule has 2 atom stereocenters. The Morgan fingerprint density at radius 1 is 1.50 bits per heavy atom. The van der Waals surface area contributed by atoms with Gasteiger partial charge < -0.3 is 10.2 Å². The minimum atomic E-state index is -0.360. The molecule has 0 aromatic rings. The van der Waals surface area contributed by atoms with Gasteiger partial charge >= 0.3 is 0 Å². The SMILES string of the molecule is CC1NC(=O)CCN(CC2CCCS2)C1=O. The highest BCUT2D eigenvalue weighted by Crippen LogP contribution is 2.27. The molecule has 2 heterocycles. The predicted molar refractivity (Wildman–Crippen MR) is 64.3 cm³/mol. The lowest BCUT2D eigenvalue weighted by Gasteiger charge is -2.24. The second-order valence-corrected chi connectivity index (χ2v) is 5.87. The molecule has 2 unspecified atom stereocenters. The number of amides is 2. The molecule has 2 rings (SSSR count). The Labute approximate surface area is 100 Å². The van der Waals surface area contributed by atoms with Gasteiger partial charge in [-0.15, -0.1) is 0 Å². The quantitative estimate of drug-likeness (QED) is 0.772. The summed E-state index contributed by atoms with van der Waals surface area (Å²) in [6.07, 6.45) is 2.89. The van der Waals surface area contributed by atoms with Gasteiger partial charge in [-0.25, -0.2) is 0 Å². The number of hydrogen-bond acceptors (Lipinski definition) is 3. The van der Waals surface area contributed by atoms with E-state index in [0.717, 1.165) is 6.54 Å². The fraction of sp³-hybridized carbons (Fsp3) is 0.818. The van der Waals surface area contributed by atoms with Crippen molar-refractivity contribution >= 4 is 23.6 Å². The van der Waals surface area contributed by atoms with Gasteiger partial charge in [0.1, 0.15) is 6.04 Å². The molecule has 2 aliphatic rings. The topological polar surface area (TPSA) is 49.4 Å². The van der Waals surface area contributed by atoms with Crippen molar-refractivity contribution < 1.29 is 9.59 Å². The van der Waals surface area contributed by atoms with Gasteiger partial charge in [-0.05, 0) is 25.5 Å². The molecule has 2 amide bonds. The van der Waals surface area contributed by atoms with Crippen LogP contribution in [0.1, 0.15) is 26.2 Å². The van der Waals surface area contributed by atoms with E-state index in [1.807, 2.05) is 16.7 Å². The molecule has 2 aliphatic heterocycles. The van der Waals surface area contributed by atoms with Gasteiger partial charge in [-0.1, -0.05) is 0 Å². The zero-order valence-electron chi connectivity index (χ0n) is 9.57. The first-order chi connectivity index (χ1) is 7.66. The van der Waals surface area contributed by atoms with Crippen molar-refractivity contribution in [1.82, 2.24) is 10.2 Å². The lowest BCUT2D eigenvalue weighted by Crippen LogP contribution is -2.44. The van der Waals surface area contributed by atoms with Crippen molar-refractivity contribution in [1.29, 1.82) is 0 Å². The monoisotopic (exact) mass is 242 g/mol. The van der Waals surface area contributed by atoms with Crippen molar-refractivity contribution in [2.75, 3.05) is 18.8 Å². The Morgan fingerprint density at radius 3 is 3.00 bits per heavy atom. The molecule has 2 fully saturated rings. The van der Waals surface area contributed by atoms with Gasteiger partial charge in [0.2, 0.25) is 11.8 Å². The van der Waals surface area contributed by atoms with Gasteiger partial charge in [0.15, 0.2) is 0 Å². The third kappa shape index (κ3) is 2.70. The summed E-state index contributed by atoms with van der Waals surface area (Å²) in [5, 5.41) is 3.28. The first-order valence-corrected chi connectivity index (χ1v) is 6.91. The Kier molecular flexibility index (Phi) is 3.74. The molecule has 1 N–H and O–H groups in total. The van der Waals surface area contributed by atoms with E-state index in [1.165, 1.54) is 18.6 Å². The average Bonchev–Trinajstić information content (AvgIpc) is 2.71. The summed E-state index contributed by atoms with van der Waals surface area (Å²) >= 11 is 1.95. The molecular formula is C11H18N2O2S. The number of carbonyl (C=O) groups excluding carboxylic acids is 2. The largest absolute Gasteiger partial charge is 0.345 e. The van der Waals surface area contributed by atoms with Gasteiger partial charge in [0.05, 0.1) is 0 Å². The van der Waals surface area contributed by atoms with Crippen molar-refractivity contribution in [3.63, 3.8) is 0 Å². The fourth-order valence-electron chi connectivity index (χ4n) is 2.21. The van der Waals surface area contributed by atoms with E-state index < -0.39 is 0 Å². The van der Waals surface area contributed by atoms with Crippen LogP contribution in [-0.2, 0) is 9.59 Å². The molecule has 16 heavy (non-hydrogen) atoms. The fourth-order valence-corrected chi connectivity index (χ4v) is 3.50. The van der Waals surface area contributed by atoms with Gasteiger partial charge in [-0.2, -0.15) is 11.8 Å². The summed E-state index contributed by atoms with van der Waals surface area (Å²) < 4.78 is 0. The van der Waals surface area contributed by atoms with E-state index in [0.29, 0.717) is 18.2 Å². The first-order valence-electron chi connectivity index (χ1n) is 5.86. The normalized spacial score (nSPS) is 31.4. The Hall–Kier alpha value is -0.710. The van der Waals surface area contributed by atoms with Crippen molar-refractivity contribution in [3.05, 3.63) is 0 Å². The van der Waals surface area contributed by atoms with Crippen molar-refractivity contribution in [3.8, 4) is 0 Å². The summed E-state index contributed by atoms with van der Waals surface area (Å²) in [7, 11) is 0. The van der Waals surface area contributed by atoms with Crippen LogP contribution in [0.2, 0.25) is 0 Å². The third-order valence-electron chi connectivity index (χ3n) is 3.12. The van der Waals surface area contributed by atoms with Crippen LogP contribution in [0.5, 0.6) is 0 Å². The maximum absolute atomic E-state index is 12.0. The summed E-state index contributed by atoms with van der Waals surface area (Å²) in [5.41, 5.74) is 0. The Bertz CT molecular complexity index is 290. The molecule has 0 spiro atoms. The molecule has 4 nitrogen and oxygen atoms in total. The second-order valence-electron chi connectivity index (χ2n) is 4.46. The number of nitrogens with one attached hydrogen (secondary N) is 1. The maximum atomic E-state index is 12.0. The van der Waals surface area contributed by atoms with E-state index in [4.69, 9.17) is 0 Å². The molecule has 0 aromatic heterocycles. The molecule has 5 heteroatoms. The predicted octanol–water partition coefficient (Wildman–Crippen LogP) is 0.619.